The summed E-state index contributed by atoms with van der Waals surface area (Å²) in [6.07, 6.45) is 1.22. The van der Waals surface area contributed by atoms with E-state index < -0.39 is 41.2 Å². The minimum atomic E-state index is -0.828. The maximum atomic E-state index is 12.4. The Hall–Kier alpha value is -4.49. The van der Waals surface area contributed by atoms with Crippen molar-refractivity contribution >= 4 is 34.4 Å². The van der Waals surface area contributed by atoms with Gasteiger partial charge in [-0.2, -0.15) is 0 Å². The first kappa shape index (κ1) is 22.2. The minimum Gasteiger partial charge on any atom is -0.494 e. The van der Waals surface area contributed by atoms with Crippen molar-refractivity contribution < 1.29 is 24.0 Å². The number of ether oxygens (including phenoxy) is 2. The monoisotopic (exact) mass is 446 g/mol. The molecule has 3 rings (SSSR count). The lowest BCUT2D eigenvalue weighted by Crippen LogP contribution is -2.37. The molecule has 1 aromatic carbocycles. The van der Waals surface area contributed by atoms with Gasteiger partial charge in [-0.3, -0.25) is 33.6 Å². The number of hydrogen-bond donors (Lipinski definition) is 1. The molecule has 0 aliphatic heterocycles. The Morgan fingerprint density at radius 1 is 1.22 bits per heavy atom. The molecule has 14 nitrogen and oxygen atoms in total. The van der Waals surface area contributed by atoms with Gasteiger partial charge in [0.2, 0.25) is 0 Å². The van der Waals surface area contributed by atoms with Gasteiger partial charge in [-0.05, 0) is 6.07 Å². The van der Waals surface area contributed by atoms with Crippen LogP contribution in [-0.2, 0) is 35.0 Å². The van der Waals surface area contributed by atoms with E-state index in [0.29, 0.717) is 0 Å². The number of nitrogens with one attached hydrogen (secondary N) is 1. The van der Waals surface area contributed by atoms with E-state index in [9.17, 15) is 29.3 Å². The second kappa shape index (κ2) is 8.71. The van der Waals surface area contributed by atoms with Crippen LogP contribution in [-0.4, -0.2) is 49.2 Å². The Morgan fingerprint density at radius 3 is 2.59 bits per heavy atom. The lowest BCUT2D eigenvalue weighted by atomic mass is 10.2. The average molecular weight is 446 g/mol. The normalized spacial score (nSPS) is 10.7. The quantitative estimate of drug-likeness (QED) is 0.286. The highest BCUT2D eigenvalue weighted by molar-refractivity contribution is 5.94. The van der Waals surface area contributed by atoms with Crippen molar-refractivity contribution in [2.45, 2.75) is 6.54 Å². The number of benzene rings is 1. The molecule has 0 saturated carbocycles. The maximum Gasteiger partial charge on any atom is 0.332 e. The number of nitrogens with zero attached hydrogens (tertiary/aromatic N) is 5. The van der Waals surface area contributed by atoms with Crippen molar-refractivity contribution in [2.75, 3.05) is 19.0 Å². The van der Waals surface area contributed by atoms with E-state index in [0.717, 1.165) is 10.6 Å². The van der Waals surface area contributed by atoms with E-state index in [1.54, 1.807) is 0 Å². The summed E-state index contributed by atoms with van der Waals surface area (Å²) in [7, 11) is 4.03. The van der Waals surface area contributed by atoms with Crippen LogP contribution in [0.15, 0.2) is 34.1 Å². The molecular weight excluding hydrogens is 428 g/mol. The third-order valence-corrected chi connectivity index (χ3v) is 4.55. The van der Waals surface area contributed by atoms with Crippen molar-refractivity contribution in [1.29, 1.82) is 0 Å². The molecule has 168 valence electrons. The molecule has 32 heavy (non-hydrogen) atoms. The van der Waals surface area contributed by atoms with Crippen molar-refractivity contribution in [3.8, 4) is 5.75 Å². The summed E-state index contributed by atoms with van der Waals surface area (Å²) in [5.41, 5.74) is -1.11. The zero-order valence-corrected chi connectivity index (χ0v) is 17.2. The largest absolute Gasteiger partial charge is 0.494 e. The fourth-order valence-corrected chi connectivity index (χ4v) is 2.93. The molecule has 2 heterocycles. The van der Waals surface area contributed by atoms with Crippen molar-refractivity contribution in [2.24, 2.45) is 14.1 Å². The van der Waals surface area contributed by atoms with Gasteiger partial charge in [-0.15, -0.1) is 0 Å². The number of anilines is 1. The molecule has 0 radical (unpaired) electrons. The van der Waals surface area contributed by atoms with Crippen molar-refractivity contribution in [3.63, 3.8) is 0 Å². The number of carbonyl (C=O) groups is 2. The zero-order chi connectivity index (χ0) is 23.6. The van der Waals surface area contributed by atoms with E-state index in [2.05, 4.69) is 10.3 Å². The van der Waals surface area contributed by atoms with E-state index in [1.807, 2.05) is 0 Å². The van der Waals surface area contributed by atoms with Crippen LogP contribution in [0.1, 0.15) is 0 Å². The van der Waals surface area contributed by atoms with E-state index >= 15 is 0 Å². The van der Waals surface area contributed by atoms with E-state index in [1.165, 1.54) is 48.8 Å². The maximum absolute atomic E-state index is 12.4. The number of nitro groups is 1. The fourth-order valence-electron chi connectivity index (χ4n) is 2.93. The topological polar surface area (TPSA) is 170 Å². The number of non-ortho nitro benzene ring substituents is 1. The van der Waals surface area contributed by atoms with Crippen molar-refractivity contribution in [1.82, 2.24) is 18.7 Å². The molecule has 0 atom stereocenters. The number of aromatic nitrogens is 4. The molecule has 0 fully saturated rings. The first-order valence-corrected chi connectivity index (χ1v) is 9.02. The number of rotatable bonds is 7. The van der Waals surface area contributed by atoms with E-state index in [4.69, 9.17) is 9.47 Å². The SMILES string of the molecule is COc1cc([N+](=O)[O-])ccc1NC(=O)COC(=O)Cn1cnc2c1c(=O)n(C)c(=O)n2C. The molecule has 1 amide bonds. The molecule has 0 spiro atoms. The molecule has 0 unspecified atom stereocenters. The highest BCUT2D eigenvalue weighted by Gasteiger charge is 2.18. The Bertz CT molecular complexity index is 1350. The number of methoxy groups -OCH3 is 1. The molecule has 3 aromatic rings. The third-order valence-electron chi connectivity index (χ3n) is 4.55. The van der Waals surface area contributed by atoms with Crippen LogP contribution in [0.2, 0.25) is 0 Å². The lowest BCUT2D eigenvalue weighted by Gasteiger charge is -2.10. The van der Waals surface area contributed by atoms with Gasteiger partial charge < -0.3 is 19.4 Å². The minimum absolute atomic E-state index is 0.0339. The summed E-state index contributed by atoms with van der Waals surface area (Å²) in [6, 6.07) is 3.61. The van der Waals surface area contributed by atoms with Gasteiger partial charge in [0.05, 0.1) is 30.1 Å². The van der Waals surface area contributed by atoms with Gasteiger partial charge in [0, 0.05) is 20.2 Å². The summed E-state index contributed by atoms with van der Waals surface area (Å²) in [4.78, 5) is 62.8. The Kier molecular flexibility index (Phi) is 6.04. The number of amides is 1. The average Bonchev–Trinajstić information content (AvgIpc) is 3.18. The zero-order valence-electron chi connectivity index (χ0n) is 17.2. The summed E-state index contributed by atoms with van der Waals surface area (Å²) in [5, 5.41) is 13.3. The fraction of sp³-hybridized carbons (Fsp3) is 0.278. The van der Waals surface area contributed by atoms with Crippen LogP contribution in [0.5, 0.6) is 5.75 Å². The molecule has 0 bridgehead atoms. The van der Waals surface area contributed by atoms with E-state index in [-0.39, 0.29) is 28.3 Å². The molecule has 0 aliphatic rings. The van der Waals surface area contributed by atoms with Crippen LogP contribution < -0.4 is 21.3 Å². The predicted molar refractivity (Wildman–Crippen MR) is 109 cm³/mol. The van der Waals surface area contributed by atoms with Gasteiger partial charge in [-0.1, -0.05) is 0 Å². The summed E-state index contributed by atoms with van der Waals surface area (Å²) in [6.45, 7) is -1.07. The van der Waals surface area contributed by atoms with Crippen molar-refractivity contribution in [3.05, 3.63) is 55.5 Å². The van der Waals surface area contributed by atoms with Crippen LogP contribution >= 0.6 is 0 Å². The second-order valence-electron chi connectivity index (χ2n) is 6.60. The number of carbonyl (C=O) groups excluding carboxylic acids is 2. The summed E-state index contributed by atoms with van der Waals surface area (Å²) < 4.78 is 13.2. The van der Waals surface area contributed by atoms with Gasteiger partial charge in [0.1, 0.15) is 12.3 Å². The highest BCUT2D eigenvalue weighted by atomic mass is 16.6. The predicted octanol–water partition coefficient (Wildman–Crippen LogP) is -0.468. The highest BCUT2D eigenvalue weighted by Crippen LogP contribution is 2.28. The smallest absolute Gasteiger partial charge is 0.332 e. The second-order valence-corrected chi connectivity index (χ2v) is 6.60. The lowest BCUT2D eigenvalue weighted by molar-refractivity contribution is -0.384. The van der Waals surface area contributed by atoms with Crippen LogP contribution in [0.4, 0.5) is 11.4 Å². The van der Waals surface area contributed by atoms with Gasteiger partial charge in [-0.25, -0.2) is 9.78 Å². The van der Waals surface area contributed by atoms with Gasteiger partial charge >= 0.3 is 11.7 Å². The number of fused-ring (bicyclic) bond motifs is 1. The molecular formula is C18H18N6O8. The summed E-state index contributed by atoms with van der Waals surface area (Å²) in [5.74, 6) is -1.48. The molecule has 2 aromatic heterocycles. The van der Waals surface area contributed by atoms with Gasteiger partial charge in [0.15, 0.2) is 17.8 Å². The molecule has 14 heteroatoms. The number of esters is 1. The first-order valence-electron chi connectivity index (χ1n) is 9.02. The number of aryl methyl sites for hydroxylation is 1. The van der Waals surface area contributed by atoms with Crippen LogP contribution in [0, 0.1) is 10.1 Å². The number of hydrogen-bond acceptors (Lipinski definition) is 9. The first-order chi connectivity index (χ1) is 15.1. The standard InChI is InChI=1S/C18H18N6O8/c1-21-16-15(17(27)22(2)18(21)28)23(9-19-16)7-14(26)32-8-13(25)20-11-5-4-10(24(29)30)6-12(11)31-3/h4-6,9H,7-8H2,1-3H3,(H,20,25). The Morgan fingerprint density at radius 2 is 1.94 bits per heavy atom. The van der Waals surface area contributed by atoms with Crippen LogP contribution in [0.25, 0.3) is 11.2 Å². The third kappa shape index (κ3) is 4.19. The molecule has 0 saturated heterocycles. The number of imidazole rings is 1. The van der Waals surface area contributed by atoms with Crippen LogP contribution in [0.3, 0.4) is 0 Å². The molecule has 1 N–H and O–H groups in total. The van der Waals surface area contributed by atoms with Gasteiger partial charge in [0.25, 0.3) is 17.2 Å². The molecule has 0 aliphatic carbocycles. The Balaban J connectivity index is 1.67. The summed E-state index contributed by atoms with van der Waals surface area (Å²) >= 11 is 0. The number of nitro benzene ring substituents is 1. The Labute approximate surface area is 178 Å².